The van der Waals surface area contributed by atoms with Crippen molar-refractivity contribution in [3.8, 4) is 0 Å². The number of carbonyl (C=O) groups excluding carboxylic acids is 2. The van der Waals surface area contributed by atoms with E-state index in [1.54, 1.807) is 16.8 Å². The second-order valence-corrected chi connectivity index (χ2v) is 7.53. The SMILES string of the molecule is CN(Cc1ccccc1)C(=O)CCc1nc(C2CCCN2C(=O)c2cnccn2)no1. The molecule has 1 aliphatic rings. The van der Waals surface area contributed by atoms with Gasteiger partial charge in [-0.25, -0.2) is 4.98 Å². The number of benzene rings is 1. The lowest BCUT2D eigenvalue weighted by Crippen LogP contribution is -2.31. The molecule has 1 aliphatic heterocycles. The van der Waals surface area contributed by atoms with Crippen LogP contribution in [0.25, 0.3) is 0 Å². The topological polar surface area (TPSA) is 105 Å². The van der Waals surface area contributed by atoms with Crippen LogP contribution in [0.2, 0.25) is 0 Å². The molecule has 1 unspecified atom stereocenters. The fourth-order valence-corrected chi connectivity index (χ4v) is 3.69. The Hall–Kier alpha value is -3.62. The van der Waals surface area contributed by atoms with E-state index in [0.29, 0.717) is 36.9 Å². The van der Waals surface area contributed by atoms with Crippen molar-refractivity contribution < 1.29 is 14.1 Å². The van der Waals surface area contributed by atoms with Crippen LogP contribution in [0.1, 0.15) is 53.1 Å². The zero-order chi connectivity index (χ0) is 21.6. The Kier molecular flexibility index (Phi) is 6.30. The van der Waals surface area contributed by atoms with Gasteiger partial charge in [-0.3, -0.25) is 14.6 Å². The van der Waals surface area contributed by atoms with Gasteiger partial charge in [0.2, 0.25) is 11.8 Å². The molecular weight excluding hydrogens is 396 g/mol. The minimum absolute atomic E-state index is 0.00363. The Morgan fingerprint density at radius 3 is 2.84 bits per heavy atom. The molecule has 3 aromatic rings. The molecule has 0 spiro atoms. The van der Waals surface area contributed by atoms with E-state index in [4.69, 9.17) is 4.52 Å². The maximum atomic E-state index is 12.8. The molecule has 0 saturated carbocycles. The molecule has 0 radical (unpaired) electrons. The van der Waals surface area contributed by atoms with E-state index in [2.05, 4.69) is 20.1 Å². The third-order valence-corrected chi connectivity index (χ3v) is 5.32. The van der Waals surface area contributed by atoms with Gasteiger partial charge in [0.15, 0.2) is 5.82 Å². The number of carbonyl (C=O) groups is 2. The maximum Gasteiger partial charge on any atom is 0.274 e. The first-order valence-corrected chi connectivity index (χ1v) is 10.3. The molecule has 9 heteroatoms. The Morgan fingerprint density at radius 2 is 2.06 bits per heavy atom. The van der Waals surface area contributed by atoms with Gasteiger partial charge < -0.3 is 14.3 Å². The van der Waals surface area contributed by atoms with Gasteiger partial charge in [-0.2, -0.15) is 4.98 Å². The number of amides is 2. The van der Waals surface area contributed by atoms with Gasteiger partial charge in [0, 0.05) is 45.4 Å². The number of hydrogen-bond donors (Lipinski definition) is 0. The van der Waals surface area contributed by atoms with Crippen LogP contribution in [0.15, 0.2) is 53.4 Å². The third kappa shape index (κ3) is 4.93. The van der Waals surface area contributed by atoms with Crippen molar-refractivity contribution in [3.05, 3.63) is 71.9 Å². The fraction of sp³-hybridized carbons (Fsp3) is 0.364. The number of hydrogen-bond acceptors (Lipinski definition) is 7. The lowest BCUT2D eigenvalue weighted by atomic mass is 10.2. The lowest BCUT2D eigenvalue weighted by molar-refractivity contribution is -0.130. The van der Waals surface area contributed by atoms with E-state index in [0.717, 1.165) is 18.4 Å². The average Bonchev–Trinajstić information content (AvgIpc) is 3.47. The predicted molar refractivity (Wildman–Crippen MR) is 111 cm³/mol. The third-order valence-electron chi connectivity index (χ3n) is 5.32. The minimum Gasteiger partial charge on any atom is -0.341 e. The molecule has 0 bridgehead atoms. The molecule has 2 amide bonds. The summed E-state index contributed by atoms with van der Waals surface area (Å²) < 4.78 is 5.36. The van der Waals surface area contributed by atoms with Crippen molar-refractivity contribution in [2.45, 2.75) is 38.3 Å². The Labute approximate surface area is 180 Å². The number of aryl methyl sites for hydroxylation is 1. The summed E-state index contributed by atoms with van der Waals surface area (Å²) in [5.41, 5.74) is 1.37. The first-order chi connectivity index (χ1) is 15.1. The first-order valence-electron chi connectivity index (χ1n) is 10.3. The Balaban J connectivity index is 1.34. The van der Waals surface area contributed by atoms with Crippen LogP contribution >= 0.6 is 0 Å². The molecule has 0 aliphatic carbocycles. The molecule has 1 saturated heterocycles. The highest BCUT2D eigenvalue weighted by Gasteiger charge is 2.34. The van der Waals surface area contributed by atoms with Crippen LogP contribution in [-0.2, 0) is 17.8 Å². The van der Waals surface area contributed by atoms with Crippen LogP contribution in [-0.4, -0.2) is 55.3 Å². The van der Waals surface area contributed by atoms with Crippen LogP contribution in [0.3, 0.4) is 0 Å². The smallest absolute Gasteiger partial charge is 0.274 e. The van der Waals surface area contributed by atoms with E-state index in [1.165, 1.54) is 18.6 Å². The molecule has 160 valence electrons. The van der Waals surface area contributed by atoms with Crippen molar-refractivity contribution in [2.24, 2.45) is 0 Å². The molecular formula is C22H24N6O3. The zero-order valence-electron chi connectivity index (χ0n) is 17.3. The van der Waals surface area contributed by atoms with Crippen molar-refractivity contribution >= 4 is 11.8 Å². The fourth-order valence-electron chi connectivity index (χ4n) is 3.69. The van der Waals surface area contributed by atoms with Crippen molar-refractivity contribution in [1.29, 1.82) is 0 Å². The van der Waals surface area contributed by atoms with Gasteiger partial charge in [-0.1, -0.05) is 35.5 Å². The van der Waals surface area contributed by atoms with Crippen molar-refractivity contribution in [3.63, 3.8) is 0 Å². The van der Waals surface area contributed by atoms with E-state index in [-0.39, 0.29) is 24.3 Å². The maximum absolute atomic E-state index is 12.8. The Bertz CT molecular complexity index is 1020. The van der Waals surface area contributed by atoms with Crippen LogP contribution in [0.4, 0.5) is 0 Å². The summed E-state index contributed by atoms with van der Waals surface area (Å²) in [6, 6.07) is 9.57. The second kappa shape index (κ2) is 9.46. The Morgan fingerprint density at radius 1 is 1.23 bits per heavy atom. The lowest BCUT2D eigenvalue weighted by Gasteiger charge is -2.21. The van der Waals surface area contributed by atoms with Gasteiger partial charge in [-0.15, -0.1) is 0 Å². The van der Waals surface area contributed by atoms with E-state index in [9.17, 15) is 9.59 Å². The summed E-state index contributed by atoms with van der Waals surface area (Å²) in [5.74, 6) is 0.675. The van der Waals surface area contributed by atoms with Gasteiger partial charge in [-0.05, 0) is 18.4 Å². The highest BCUT2D eigenvalue weighted by Crippen LogP contribution is 2.31. The van der Waals surface area contributed by atoms with Gasteiger partial charge in [0.25, 0.3) is 5.91 Å². The van der Waals surface area contributed by atoms with Crippen molar-refractivity contribution in [1.82, 2.24) is 29.9 Å². The molecule has 31 heavy (non-hydrogen) atoms. The van der Waals surface area contributed by atoms with Crippen molar-refractivity contribution in [2.75, 3.05) is 13.6 Å². The number of rotatable bonds is 7. The minimum atomic E-state index is -0.261. The van der Waals surface area contributed by atoms with E-state index in [1.807, 2.05) is 30.3 Å². The van der Waals surface area contributed by atoms with E-state index >= 15 is 0 Å². The second-order valence-electron chi connectivity index (χ2n) is 7.53. The van der Waals surface area contributed by atoms with Crippen LogP contribution in [0, 0.1) is 0 Å². The number of aromatic nitrogens is 4. The summed E-state index contributed by atoms with van der Waals surface area (Å²) in [6.07, 6.45) is 6.72. The summed E-state index contributed by atoms with van der Waals surface area (Å²) in [4.78, 5) is 41.1. The normalized spacial score (nSPS) is 15.8. The summed E-state index contributed by atoms with van der Waals surface area (Å²) >= 11 is 0. The molecule has 1 atom stereocenters. The molecule has 4 rings (SSSR count). The average molecular weight is 420 g/mol. The molecule has 0 N–H and O–H groups in total. The molecule has 9 nitrogen and oxygen atoms in total. The summed E-state index contributed by atoms with van der Waals surface area (Å²) in [6.45, 7) is 1.16. The van der Waals surface area contributed by atoms with Gasteiger partial charge >= 0.3 is 0 Å². The quantitative estimate of drug-likeness (QED) is 0.578. The monoisotopic (exact) mass is 420 g/mol. The molecule has 3 heterocycles. The highest BCUT2D eigenvalue weighted by atomic mass is 16.5. The summed E-state index contributed by atoms with van der Waals surface area (Å²) in [5, 5.41) is 4.07. The van der Waals surface area contributed by atoms with Gasteiger partial charge in [0.1, 0.15) is 5.69 Å². The molecule has 1 fully saturated rings. The zero-order valence-corrected chi connectivity index (χ0v) is 17.3. The molecule has 1 aromatic carbocycles. The first kappa shape index (κ1) is 20.6. The number of nitrogens with zero attached hydrogens (tertiary/aromatic N) is 6. The standard InChI is InChI=1S/C22H24N6O3/c1-27(15-16-6-3-2-4-7-16)20(29)10-9-19-25-21(26-31-19)18-8-5-13-28(18)22(30)17-14-23-11-12-24-17/h2-4,6-7,11-12,14,18H,5,8-10,13,15H2,1H3. The highest BCUT2D eigenvalue weighted by molar-refractivity contribution is 5.92. The van der Waals surface area contributed by atoms with Crippen LogP contribution < -0.4 is 0 Å². The van der Waals surface area contributed by atoms with Crippen LogP contribution in [0.5, 0.6) is 0 Å². The van der Waals surface area contributed by atoms with Gasteiger partial charge in [0.05, 0.1) is 12.2 Å². The predicted octanol–water partition coefficient (Wildman–Crippen LogP) is 2.43. The largest absolute Gasteiger partial charge is 0.341 e. The summed E-state index contributed by atoms with van der Waals surface area (Å²) in [7, 11) is 1.78. The van der Waals surface area contributed by atoms with E-state index < -0.39 is 0 Å². The molecule has 2 aromatic heterocycles. The number of likely N-dealkylation sites (tertiary alicyclic amines) is 1.